The van der Waals surface area contributed by atoms with Gasteiger partial charge in [-0.1, -0.05) is 18.2 Å². The van der Waals surface area contributed by atoms with Crippen molar-refractivity contribution in [2.75, 3.05) is 12.4 Å². The van der Waals surface area contributed by atoms with Gasteiger partial charge in [-0.2, -0.15) is 0 Å². The molecule has 2 aromatic carbocycles. The molecule has 1 aliphatic carbocycles. The van der Waals surface area contributed by atoms with Gasteiger partial charge in [-0.25, -0.2) is 4.79 Å². The maximum Gasteiger partial charge on any atom is 0.328 e. The Kier molecular flexibility index (Phi) is 5.62. The molecule has 0 saturated heterocycles. The van der Waals surface area contributed by atoms with Crippen LogP contribution in [0.15, 0.2) is 59.5 Å². The predicted molar refractivity (Wildman–Crippen MR) is 130 cm³/mol. The van der Waals surface area contributed by atoms with Crippen molar-refractivity contribution < 1.29 is 9.53 Å². The van der Waals surface area contributed by atoms with Crippen molar-refractivity contribution in [3.8, 4) is 5.75 Å². The number of para-hydroxylation sites is 1. The van der Waals surface area contributed by atoms with Crippen LogP contribution < -0.4 is 15.7 Å². The van der Waals surface area contributed by atoms with Crippen molar-refractivity contribution in [1.29, 1.82) is 0 Å². The zero-order valence-corrected chi connectivity index (χ0v) is 19.0. The van der Waals surface area contributed by atoms with Gasteiger partial charge >= 0.3 is 5.69 Å². The minimum absolute atomic E-state index is 0.0124. The van der Waals surface area contributed by atoms with Crippen LogP contribution in [0.5, 0.6) is 5.75 Å². The summed E-state index contributed by atoms with van der Waals surface area (Å²) in [5.41, 5.74) is 3.36. The third-order valence-electron chi connectivity index (χ3n) is 6.90. The Morgan fingerprint density at radius 2 is 1.88 bits per heavy atom. The molecule has 0 atom stereocenters. The van der Waals surface area contributed by atoms with Crippen LogP contribution in [0.2, 0.25) is 0 Å². The lowest BCUT2D eigenvalue weighted by molar-refractivity contribution is -0.121. The second kappa shape index (κ2) is 8.73. The van der Waals surface area contributed by atoms with Crippen LogP contribution in [-0.2, 0) is 18.4 Å². The van der Waals surface area contributed by atoms with Crippen molar-refractivity contribution in [2.24, 2.45) is 18.9 Å². The minimum Gasteiger partial charge on any atom is -0.497 e. The van der Waals surface area contributed by atoms with Crippen molar-refractivity contribution in [1.82, 2.24) is 14.1 Å². The molecular formula is C26H28N4O3. The van der Waals surface area contributed by atoms with Gasteiger partial charge in [0.25, 0.3) is 0 Å². The van der Waals surface area contributed by atoms with E-state index < -0.39 is 0 Å². The summed E-state index contributed by atoms with van der Waals surface area (Å²) in [6, 6.07) is 15.5. The summed E-state index contributed by atoms with van der Waals surface area (Å²) in [7, 11) is 3.43. The molecule has 4 aromatic rings. The van der Waals surface area contributed by atoms with Gasteiger partial charge in [-0.3, -0.25) is 18.9 Å². The summed E-state index contributed by atoms with van der Waals surface area (Å²) in [5.74, 6) is 1.14. The molecule has 0 radical (unpaired) electrons. The number of nitrogens with zero attached hydrogens (tertiary/aromatic N) is 3. The topological polar surface area (TPSA) is 78.2 Å². The zero-order valence-electron chi connectivity index (χ0n) is 19.0. The van der Waals surface area contributed by atoms with Crippen molar-refractivity contribution >= 4 is 33.5 Å². The number of aryl methyl sites for hydroxylation is 1. The number of hydrogen-bond donors (Lipinski definition) is 1. The second-order valence-electron chi connectivity index (χ2n) is 8.89. The van der Waals surface area contributed by atoms with E-state index in [1.807, 2.05) is 53.1 Å². The molecule has 0 aliphatic heterocycles. The number of fused-ring (bicyclic) bond motifs is 2. The van der Waals surface area contributed by atoms with Crippen LogP contribution in [0.3, 0.4) is 0 Å². The number of hydrogen-bond acceptors (Lipinski definition) is 4. The van der Waals surface area contributed by atoms with Gasteiger partial charge in [0.1, 0.15) is 5.75 Å². The number of nitrogens with one attached hydrogen (secondary N) is 1. The highest BCUT2D eigenvalue weighted by Gasteiger charge is 2.28. The van der Waals surface area contributed by atoms with Crippen LogP contribution in [0.1, 0.15) is 25.7 Å². The van der Waals surface area contributed by atoms with Crippen molar-refractivity contribution in [3.63, 3.8) is 0 Å². The molecule has 7 heteroatoms. The van der Waals surface area contributed by atoms with Crippen molar-refractivity contribution in [2.45, 2.75) is 32.2 Å². The van der Waals surface area contributed by atoms with Gasteiger partial charge in [-0.15, -0.1) is 0 Å². The first-order valence-electron chi connectivity index (χ1n) is 11.4. The molecule has 2 aromatic heterocycles. The van der Waals surface area contributed by atoms with Crippen molar-refractivity contribution in [3.05, 3.63) is 65.2 Å². The molecule has 170 valence electrons. The van der Waals surface area contributed by atoms with Crippen LogP contribution in [0, 0.1) is 11.8 Å². The van der Waals surface area contributed by atoms with E-state index >= 15 is 0 Å². The van der Waals surface area contributed by atoms with Gasteiger partial charge in [0.15, 0.2) is 0 Å². The Bertz CT molecular complexity index is 1370. The van der Waals surface area contributed by atoms with E-state index in [-0.39, 0.29) is 17.5 Å². The van der Waals surface area contributed by atoms with E-state index in [0.29, 0.717) is 12.5 Å². The predicted octanol–water partition coefficient (Wildman–Crippen LogP) is 4.34. The first-order chi connectivity index (χ1) is 16.0. The number of carbonyl (C=O) groups is 1. The number of methoxy groups -OCH3 is 1. The van der Waals surface area contributed by atoms with E-state index in [2.05, 4.69) is 10.3 Å². The normalized spacial score (nSPS) is 18.5. The Hall–Kier alpha value is -3.61. The average Bonchev–Trinajstić information content (AvgIpc) is 3.09. The molecule has 1 aliphatic rings. The van der Waals surface area contributed by atoms with E-state index in [0.717, 1.165) is 59.1 Å². The number of imidazole rings is 1. The molecule has 1 N–H and O–H groups in total. The number of aromatic nitrogens is 3. The first-order valence-corrected chi connectivity index (χ1v) is 11.4. The third-order valence-corrected chi connectivity index (χ3v) is 6.90. The monoisotopic (exact) mass is 444 g/mol. The lowest BCUT2D eigenvalue weighted by atomic mass is 9.81. The minimum atomic E-state index is -0.0236. The van der Waals surface area contributed by atoms with E-state index in [9.17, 15) is 9.59 Å². The van der Waals surface area contributed by atoms with Gasteiger partial charge in [-0.05, 0) is 55.9 Å². The number of anilines is 1. The quantitative estimate of drug-likeness (QED) is 0.497. The molecule has 33 heavy (non-hydrogen) atoms. The highest BCUT2D eigenvalue weighted by Crippen LogP contribution is 2.32. The zero-order chi connectivity index (χ0) is 22.9. The smallest absolute Gasteiger partial charge is 0.328 e. The standard InChI is InChI=1S/C26H28N4O3/c1-29-22-13-12-20(33-2)15-23(22)30(26(29)32)16-17-8-10-19(11-9-17)25(31)28-21-7-3-5-18-6-4-14-27-24(18)21/h3-7,12-15,17,19H,8-11,16H2,1-2H3,(H,28,31). The summed E-state index contributed by atoms with van der Waals surface area (Å²) in [6.07, 6.45) is 5.21. The van der Waals surface area contributed by atoms with E-state index in [4.69, 9.17) is 4.74 Å². The molecule has 7 nitrogen and oxygen atoms in total. The maximum absolute atomic E-state index is 13.0. The Morgan fingerprint density at radius 1 is 1.09 bits per heavy atom. The summed E-state index contributed by atoms with van der Waals surface area (Å²) < 4.78 is 8.90. The summed E-state index contributed by atoms with van der Waals surface area (Å²) in [6.45, 7) is 0.658. The van der Waals surface area contributed by atoms with Gasteiger partial charge in [0, 0.05) is 37.2 Å². The first kappa shape index (κ1) is 21.2. The van der Waals surface area contributed by atoms with Crippen LogP contribution in [0.4, 0.5) is 5.69 Å². The lowest BCUT2D eigenvalue weighted by Gasteiger charge is -2.28. The Morgan fingerprint density at radius 3 is 2.67 bits per heavy atom. The number of amides is 1. The number of carbonyl (C=O) groups excluding carboxylic acids is 1. The Labute approximate surface area is 192 Å². The SMILES string of the molecule is COc1ccc2c(c1)n(CC1CCC(C(=O)Nc3cccc4cccnc34)CC1)c(=O)n2C. The lowest BCUT2D eigenvalue weighted by Crippen LogP contribution is -2.31. The third kappa shape index (κ3) is 3.99. The fourth-order valence-electron chi connectivity index (χ4n) is 5.00. The summed E-state index contributed by atoms with van der Waals surface area (Å²) >= 11 is 0. The molecule has 1 saturated carbocycles. The molecule has 2 heterocycles. The summed E-state index contributed by atoms with van der Waals surface area (Å²) in [4.78, 5) is 30.3. The molecule has 0 spiro atoms. The number of rotatable bonds is 5. The Balaban J connectivity index is 1.27. The highest BCUT2D eigenvalue weighted by molar-refractivity contribution is 6.01. The number of ether oxygens (including phenoxy) is 1. The molecule has 5 rings (SSSR count). The molecule has 0 unspecified atom stereocenters. The highest BCUT2D eigenvalue weighted by atomic mass is 16.5. The number of pyridine rings is 1. The summed E-state index contributed by atoms with van der Waals surface area (Å²) in [5, 5.41) is 4.10. The largest absolute Gasteiger partial charge is 0.497 e. The van der Waals surface area contributed by atoms with Gasteiger partial charge in [0.2, 0.25) is 5.91 Å². The molecule has 0 bridgehead atoms. The van der Waals surface area contributed by atoms with Gasteiger partial charge < -0.3 is 10.1 Å². The van der Waals surface area contributed by atoms with Crippen LogP contribution in [0.25, 0.3) is 21.9 Å². The maximum atomic E-state index is 13.0. The fourth-order valence-corrected chi connectivity index (χ4v) is 5.00. The average molecular weight is 445 g/mol. The van der Waals surface area contributed by atoms with E-state index in [1.165, 1.54) is 0 Å². The van der Waals surface area contributed by atoms with Gasteiger partial charge in [0.05, 0.1) is 29.3 Å². The van der Waals surface area contributed by atoms with E-state index in [1.54, 1.807) is 24.9 Å². The second-order valence-corrected chi connectivity index (χ2v) is 8.89. The molecule has 1 fully saturated rings. The molecule has 1 amide bonds. The van der Waals surface area contributed by atoms with Crippen LogP contribution >= 0.6 is 0 Å². The number of benzene rings is 2. The fraction of sp³-hybridized carbons (Fsp3) is 0.346. The van der Waals surface area contributed by atoms with Crippen LogP contribution in [-0.4, -0.2) is 27.1 Å². The molecular weight excluding hydrogens is 416 g/mol.